The molecule has 0 fully saturated rings. The Morgan fingerprint density at radius 1 is 1.11 bits per heavy atom. The first-order chi connectivity index (χ1) is 18.0. The molecule has 1 aromatic heterocycles. The minimum absolute atomic E-state index is 0.0490. The summed E-state index contributed by atoms with van der Waals surface area (Å²) in [7, 11) is 1.54. The highest BCUT2D eigenvalue weighted by molar-refractivity contribution is 9.10. The summed E-state index contributed by atoms with van der Waals surface area (Å²) in [6, 6.07) is 10.3. The van der Waals surface area contributed by atoms with E-state index < -0.39 is 12.3 Å². The maximum absolute atomic E-state index is 13.8. The van der Waals surface area contributed by atoms with Gasteiger partial charge in [-0.2, -0.15) is 0 Å². The number of alkyl halides is 2. The monoisotopic (exact) mass is 587 g/mol. The van der Waals surface area contributed by atoms with Gasteiger partial charge in [0, 0.05) is 45.9 Å². The number of aromatic nitrogens is 2. The van der Waals surface area contributed by atoms with Gasteiger partial charge < -0.3 is 15.5 Å². The lowest BCUT2D eigenvalue weighted by Crippen LogP contribution is -2.46. The summed E-state index contributed by atoms with van der Waals surface area (Å²) in [6.07, 6.45) is -2.48. The van der Waals surface area contributed by atoms with E-state index in [0.717, 1.165) is 0 Å². The second-order valence-electron chi connectivity index (χ2n) is 9.45. The van der Waals surface area contributed by atoms with Crippen LogP contribution < -0.4 is 16.2 Å². The number of hydrogen-bond donors (Lipinski definition) is 2. The molecule has 38 heavy (non-hydrogen) atoms. The summed E-state index contributed by atoms with van der Waals surface area (Å²) in [5.41, 5.74) is 1.55. The van der Waals surface area contributed by atoms with Gasteiger partial charge in [-0.3, -0.25) is 14.4 Å². The number of benzene rings is 2. The fraction of sp³-hybridized carbons (Fsp3) is 0.333. The van der Waals surface area contributed by atoms with E-state index in [1.165, 1.54) is 22.8 Å². The number of amides is 2. The average Bonchev–Trinajstić information content (AvgIpc) is 2.88. The largest absolute Gasteiger partial charge is 0.355 e. The van der Waals surface area contributed by atoms with Gasteiger partial charge in [0.2, 0.25) is 5.95 Å². The predicted octanol–water partition coefficient (Wildman–Crippen LogP) is 4.70. The first-order valence-electron chi connectivity index (χ1n) is 12.1. The van der Waals surface area contributed by atoms with Crippen molar-refractivity contribution in [3.8, 4) is 5.69 Å². The van der Waals surface area contributed by atoms with Crippen LogP contribution in [0.3, 0.4) is 0 Å². The van der Waals surface area contributed by atoms with Crippen LogP contribution in [0, 0.1) is 0 Å². The van der Waals surface area contributed by atoms with Gasteiger partial charge in [-0.05, 0) is 69.7 Å². The number of halogens is 3. The second kappa shape index (κ2) is 11.0. The van der Waals surface area contributed by atoms with Crippen LogP contribution in [-0.2, 0) is 13.0 Å². The van der Waals surface area contributed by atoms with Crippen molar-refractivity contribution < 1.29 is 18.4 Å². The highest BCUT2D eigenvalue weighted by atomic mass is 79.9. The van der Waals surface area contributed by atoms with Crippen molar-refractivity contribution in [1.82, 2.24) is 19.8 Å². The number of fused-ring (bicyclic) bond motifs is 1. The first kappa shape index (κ1) is 27.4. The SMILES string of the molecule is CNC(=O)c1ccc(-n2c(NC(C)C)nc3c(c2=O)C[C@@H](C)N(C(=O)c2ccc(Br)c(C(F)F)c2)C3)cc1. The Kier molecular flexibility index (Phi) is 7.96. The molecule has 0 unspecified atom stereocenters. The molecule has 0 radical (unpaired) electrons. The Morgan fingerprint density at radius 3 is 2.37 bits per heavy atom. The normalized spacial score (nSPS) is 15.0. The van der Waals surface area contributed by atoms with Crippen LogP contribution in [0.4, 0.5) is 14.7 Å². The van der Waals surface area contributed by atoms with Gasteiger partial charge in [0.15, 0.2) is 0 Å². The lowest BCUT2D eigenvalue weighted by atomic mass is 9.98. The smallest absolute Gasteiger partial charge is 0.264 e. The Morgan fingerprint density at radius 2 is 1.76 bits per heavy atom. The highest BCUT2D eigenvalue weighted by Gasteiger charge is 2.32. The summed E-state index contributed by atoms with van der Waals surface area (Å²) in [5, 5.41) is 5.77. The van der Waals surface area contributed by atoms with Crippen molar-refractivity contribution in [3.63, 3.8) is 0 Å². The molecule has 2 aromatic carbocycles. The van der Waals surface area contributed by atoms with Crippen molar-refractivity contribution in [2.75, 3.05) is 12.4 Å². The molecule has 0 saturated carbocycles. The first-order valence-corrected chi connectivity index (χ1v) is 12.9. The Hall–Kier alpha value is -3.60. The van der Waals surface area contributed by atoms with Crippen molar-refractivity contribution in [2.45, 2.75) is 52.2 Å². The van der Waals surface area contributed by atoms with E-state index in [4.69, 9.17) is 4.98 Å². The molecule has 8 nitrogen and oxygen atoms in total. The van der Waals surface area contributed by atoms with E-state index >= 15 is 0 Å². The minimum atomic E-state index is -2.73. The van der Waals surface area contributed by atoms with Crippen LogP contribution in [0.15, 0.2) is 51.7 Å². The molecule has 200 valence electrons. The zero-order valence-corrected chi connectivity index (χ0v) is 23.0. The molecule has 1 atom stereocenters. The molecule has 2 amide bonds. The fourth-order valence-electron chi connectivity index (χ4n) is 4.44. The summed E-state index contributed by atoms with van der Waals surface area (Å²) in [5.74, 6) is -0.341. The van der Waals surface area contributed by atoms with Crippen molar-refractivity contribution in [1.29, 1.82) is 0 Å². The maximum atomic E-state index is 13.8. The van der Waals surface area contributed by atoms with Gasteiger partial charge in [0.1, 0.15) is 0 Å². The third kappa shape index (κ3) is 5.33. The highest BCUT2D eigenvalue weighted by Crippen LogP contribution is 2.30. The van der Waals surface area contributed by atoms with E-state index in [0.29, 0.717) is 28.5 Å². The van der Waals surface area contributed by atoms with E-state index in [1.54, 1.807) is 36.2 Å². The van der Waals surface area contributed by atoms with Crippen LogP contribution in [-0.4, -0.2) is 45.4 Å². The van der Waals surface area contributed by atoms with Gasteiger partial charge in [-0.15, -0.1) is 0 Å². The molecule has 11 heteroatoms. The van der Waals surface area contributed by atoms with Gasteiger partial charge in [-0.25, -0.2) is 18.3 Å². The van der Waals surface area contributed by atoms with Crippen molar-refractivity contribution in [3.05, 3.63) is 85.2 Å². The Labute approximate surface area is 227 Å². The van der Waals surface area contributed by atoms with Crippen LogP contribution in [0.5, 0.6) is 0 Å². The number of carbonyl (C=O) groups is 2. The molecule has 1 aliphatic rings. The Balaban J connectivity index is 1.74. The molecular weight excluding hydrogens is 560 g/mol. The number of nitrogens with one attached hydrogen (secondary N) is 2. The minimum Gasteiger partial charge on any atom is -0.355 e. The van der Waals surface area contributed by atoms with Gasteiger partial charge >= 0.3 is 0 Å². The van der Waals surface area contributed by atoms with Gasteiger partial charge in [0.25, 0.3) is 23.8 Å². The lowest BCUT2D eigenvalue weighted by Gasteiger charge is -2.35. The molecule has 0 aliphatic carbocycles. The zero-order chi connectivity index (χ0) is 27.7. The van der Waals surface area contributed by atoms with Crippen LogP contribution >= 0.6 is 15.9 Å². The summed E-state index contributed by atoms with van der Waals surface area (Å²) < 4.78 is 28.5. The molecule has 0 spiro atoms. The van der Waals surface area contributed by atoms with E-state index in [1.807, 2.05) is 20.8 Å². The van der Waals surface area contributed by atoms with E-state index in [9.17, 15) is 23.2 Å². The van der Waals surface area contributed by atoms with Crippen LogP contribution in [0.1, 0.15) is 64.7 Å². The predicted molar refractivity (Wildman–Crippen MR) is 144 cm³/mol. The van der Waals surface area contributed by atoms with Crippen LogP contribution in [0.2, 0.25) is 0 Å². The quantitative estimate of drug-likeness (QED) is 0.436. The van der Waals surface area contributed by atoms with E-state index in [2.05, 4.69) is 26.6 Å². The molecule has 3 aromatic rings. The van der Waals surface area contributed by atoms with Crippen molar-refractivity contribution in [2.24, 2.45) is 0 Å². The third-order valence-electron chi connectivity index (χ3n) is 6.39. The van der Waals surface area contributed by atoms with Crippen molar-refractivity contribution >= 4 is 33.7 Å². The molecule has 0 bridgehead atoms. The standard InChI is InChI=1S/C27H28BrF2N5O3/c1-14(2)32-27-33-22-13-34(25(37)17-7-10-21(28)19(12-17)23(29)30)15(3)11-20(22)26(38)35(27)18-8-5-16(6-9-18)24(36)31-4/h5-10,12,14-15,23H,11,13H2,1-4H3,(H,31,36)(H,32,33)/t15-/m1/s1. The Bertz CT molecular complexity index is 1440. The van der Waals surface area contributed by atoms with Gasteiger partial charge in [0.05, 0.1) is 17.9 Å². The summed E-state index contributed by atoms with van der Waals surface area (Å²) >= 11 is 3.11. The molecule has 2 heterocycles. The van der Waals surface area contributed by atoms with Gasteiger partial charge in [-0.1, -0.05) is 15.9 Å². The average molecular weight is 588 g/mol. The topological polar surface area (TPSA) is 96.3 Å². The summed E-state index contributed by atoms with van der Waals surface area (Å²) in [6.45, 7) is 5.71. The third-order valence-corrected chi connectivity index (χ3v) is 7.11. The number of nitrogens with zero attached hydrogens (tertiary/aromatic N) is 3. The van der Waals surface area contributed by atoms with E-state index in [-0.39, 0.29) is 52.1 Å². The number of hydrogen-bond acceptors (Lipinski definition) is 5. The molecule has 4 rings (SSSR count). The maximum Gasteiger partial charge on any atom is 0.264 e. The number of carbonyl (C=O) groups excluding carboxylic acids is 2. The second-order valence-corrected chi connectivity index (χ2v) is 10.3. The lowest BCUT2D eigenvalue weighted by molar-refractivity contribution is 0.0652. The molecule has 0 saturated heterocycles. The number of anilines is 1. The fourth-order valence-corrected chi connectivity index (χ4v) is 4.86. The van der Waals surface area contributed by atoms with Crippen LogP contribution in [0.25, 0.3) is 5.69 Å². The number of rotatable bonds is 6. The molecular formula is C27H28BrF2N5O3. The molecule has 1 aliphatic heterocycles. The summed E-state index contributed by atoms with van der Waals surface area (Å²) in [4.78, 5) is 45.3. The molecule has 2 N–H and O–H groups in total. The zero-order valence-electron chi connectivity index (χ0n) is 21.4.